The lowest BCUT2D eigenvalue weighted by atomic mass is 10.0. The van der Waals surface area contributed by atoms with Gasteiger partial charge in [0.05, 0.1) is 9.98 Å². The maximum atomic E-state index is 6.19. The summed E-state index contributed by atoms with van der Waals surface area (Å²) < 4.78 is 0. The van der Waals surface area contributed by atoms with Crippen LogP contribution in [0.15, 0.2) is 0 Å². The third kappa shape index (κ3) is 23.7. The van der Waals surface area contributed by atoms with Crippen molar-refractivity contribution in [2.75, 3.05) is 0 Å². The molecule has 0 heterocycles. The lowest BCUT2D eigenvalue weighted by molar-refractivity contribution is 0.540. The second-order valence-electron chi connectivity index (χ2n) is 10.4. The van der Waals surface area contributed by atoms with Gasteiger partial charge >= 0.3 is 0 Å². The van der Waals surface area contributed by atoms with Crippen LogP contribution in [-0.2, 0) is 0 Å². The fraction of sp³-hybridized carbons (Fsp3) is 0.933. The highest BCUT2D eigenvalue weighted by Crippen LogP contribution is 2.15. The summed E-state index contributed by atoms with van der Waals surface area (Å²) in [4.78, 5) is 1.66. The van der Waals surface area contributed by atoms with Crippen molar-refractivity contribution in [3.8, 4) is 0 Å². The lowest BCUT2D eigenvalue weighted by Gasteiger charge is -2.20. The normalized spacial score (nSPS) is 11.1. The molecule has 0 radical (unpaired) electrons. The SMILES string of the molecule is CCCCCCCCCCCCCCC(=S)N(N)C(=S)CCCCCCCCCCCCCC. The summed E-state index contributed by atoms with van der Waals surface area (Å²) in [6.45, 7) is 4.57. The summed E-state index contributed by atoms with van der Waals surface area (Å²) in [5, 5.41) is 1.63. The van der Waals surface area contributed by atoms with Crippen LogP contribution in [0.25, 0.3) is 0 Å². The Morgan fingerprint density at radius 1 is 0.412 bits per heavy atom. The van der Waals surface area contributed by atoms with Gasteiger partial charge in [-0.2, -0.15) is 0 Å². The van der Waals surface area contributed by atoms with E-state index in [2.05, 4.69) is 13.8 Å². The van der Waals surface area contributed by atoms with Gasteiger partial charge in [0.15, 0.2) is 0 Å². The van der Waals surface area contributed by atoms with Crippen LogP contribution in [0.2, 0.25) is 0 Å². The summed E-state index contributed by atoms with van der Waals surface area (Å²) in [5.41, 5.74) is 0. The number of thiocarbonyl (C=S) groups is 2. The number of hydrazine groups is 1. The Labute approximate surface area is 225 Å². The minimum atomic E-state index is 0.830. The van der Waals surface area contributed by atoms with E-state index in [1.807, 2.05) is 0 Å². The first-order valence-corrected chi connectivity index (χ1v) is 16.1. The minimum Gasteiger partial charge on any atom is -0.266 e. The predicted molar refractivity (Wildman–Crippen MR) is 163 cm³/mol. The van der Waals surface area contributed by atoms with Gasteiger partial charge in [-0.1, -0.05) is 180 Å². The highest BCUT2D eigenvalue weighted by molar-refractivity contribution is 7.81. The van der Waals surface area contributed by atoms with Crippen molar-refractivity contribution < 1.29 is 0 Å². The van der Waals surface area contributed by atoms with E-state index < -0.39 is 0 Å². The average Bonchev–Trinajstić information content (AvgIpc) is 2.84. The van der Waals surface area contributed by atoms with E-state index >= 15 is 0 Å². The molecule has 0 aliphatic rings. The second kappa shape index (κ2) is 27.5. The van der Waals surface area contributed by atoms with Crippen LogP contribution in [0.4, 0.5) is 0 Å². The van der Waals surface area contributed by atoms with Gasteiger partial charge in [0.1, 0.15) is 0 Å². The zero-order valence-corrected chi connectivity index (χ0v) is 24.9. The van der Waals surface area contributed by atoms with Crippen LogP contribution in [0.5, 0.6) is 0 Å². The molecule has 202 valence electrons. The summed E-state index contributed by atoms with van der Waals surface area (Å²) in [6.07, 6.45) is 34.5. The van der Waals surface area contributed by atoms with Crippen molar-refractivity contribution in [1.82, 2.24) is 5.01 Å². The number of hydrogen-bond acceptors (Lipinski definition) is 3. The van der Waals surface area contributed by atoms with Crippen LogP contribution in [0.1, 0.15) is 181 Å². The standard InChI is InChI=1S/C30H60N2S2/c1-3-5-7-9-11-13-15-17-19-21-23-25-27-29(33)32(31)30(34)28-26-24-22-20-18-16-14-12-10-8-6-4-2/h3-28,31H2,1-2H3. The van der Waals surface area contributed by atoms with Gasteiger partial charge in [-0.05, 0) is 25.7 Å². The summed E-state index contributed by atoms with van der Waals surface area (Å²) in [6, 6.07) is 0. The van der Waals surface area contributed by atoms with Gasteiger partial charge in [-0.15, -0.1) is 0 Å². The number of nitrogens with zero attached hydrogens (tertiary/aromatic N) is 1. The molecule has 2 N–H and O–H groups in total. The molecule has 0 saturated carbocycles. The fourth-order valence-electron chi connectivity index (χ4n) is 4.61. The largest absolute Gasteiger partial charge is 0.266 e. The minimum absolute atomic E-state index is 0.830. The van der Waals surface area contributed by atoms with Crippen LogP contribution in [0.3, 0.4) is 0 Å². The number of nitrogens with two attached hydrogens (primary N) is 1. The molecule has 0 aromatic rings. The molecule has 0 rings (SSSR count). The summed E-state index contributed by atoms with van der Waals surface area (Å²) >= 11 is 11.1. The Kier molecular flexibility index (Phi) is 27.5. The topological polar surface area (TPSA) is 29.3 Å². The Morgan fingerprint density at radius 3 is 0.853 bits per heavy atom. The number of unbranched alkanes of at least 4 members (excludes halogenated alkanes) is 22. The Balaban J connectivity index is 3.46. The maximum Gasteiger partial charge on any atom is 0.0980 e. The third-order valence-corrected chi connectivity index (χ3v) is 7.83. The molecule has 4 heteroatoms. The maximum absolute atomic E-state index is 6.19. The number of hydrogen-bond donors (Lipinski definition) is 1. The van der Waals surface area contributed by atoms with Gasteiger partial charge in [0.2, 0.25) is 0 Å². The molecule has 0 aromatic heterocycles. The van der Waals surface area contributed by atoms with Crippen molar-refractivity contribution >= 4 is 34.4 Å². The molecule has 2 nitrogen and oxygen atoms in total. The Morgan fingerprint density at radius 2 is 0.618 bits per heavy atom. The van der Waals surface area contributed by atoms with Gasteiger partial charge < -0.3 is 0 Å². The van der Waals surface area contributed by atoms with Crippen LogP contribution in [-0.4, -0.2) is 15.0 Å². The molecule has 0 bridgehead atoms. The van der Waals surface area contributed by atoms with Crippen molar-refractivity contribution in [1.29, 1.82) is 0 Å². The van der Waals surface area contributed by atoms with Gasteiger partial charge in [-0.25, -0.2) is 5.84 Å². The second-order valence-corrected chi connectivity index (χ2v) is 11.4. The third-order valence-electron chi connectivity index (χ3n) is 7.03. The Hall–Kier alpha value is -0.0600. The first-order chi connectivity index (χ1) is 16.6. The van der Waals surface area contributed by atoms with E-state index in [4.69, 9.17) is 30.3 Å². The molecule has 0 spiro atoms. The monoisotopic (exact) mass is 512 g/mol. The highest BCUT2D eigenvalue weighted by atomic mass is 32.1. The summed E-state index contributed by atoms with van der Waals surface area (Å²) in [7, 11) is 0. The molecule has 0 saturated heterocycles. The van der Waals surface area contributed by atoms with Crippen molar-refractivity contribution in [3.63, 3.8) is 0 Å². The summed E-state index contributed by atoms with van der Waals surface area (Å²) in [5.74, 6) is 6.19. The van der Waals surface area contributed by atoms with E-state index in [-0.39, 0.29) is 0 Å². The first-order valence-electron chi connectivity index (χ1n) is 15.2. The highest BCUT2D eigenvalue weighted by Gasteiger charge is 2.10. The van der Waals surface area contributed by atoms with E-state index in [0.29, 0.717) is 0 Å². The zero-order valence-electron chi connectivity index (χ0n) is 23.2. The molecular weight excluding hydrogens is 452 g/mol. The predicted octanol–water partition coefficient (Wildman–Crippen LogP) is 11.0. The smallest absolute Gasteiger partial charge is 0.0980 e. The van der Waals surface area contributed by atoms with Crippen LogP contribution >= 0.6 is 24.4 Å². The van der Waals surface area contributed by atoms with Crippen molar-refractivity contribution in [2.24, 2.45) is 5.84 Å². The molecular formula is C30H60N2S2. The molecule has 0 aromatic carbocycles. The molecule has 0 fully saturated rings. The van der Waals surface area contributed by atoms with E-state index in [1.165, 1.54) is 141 Å². The molecule has 0 amide bonds. The van der Waals surface area contributed by atoms with Crippen molar-refractivity contribution in [2.45, 2.75) is 181 Å². The van der Waals surface area contributed by atoms with Gasteiger partial charge in [-0.3, -0.25) is 5.01 Å². The number of rotatable bonds is 26. The molecule has 0 aliphatic carbocycles. The lowest BCUT2D eigenvalue weighted by Crippen LogP contribution is -2.40. The Bertz CT molecular complexity index is 413. The van der Waals surface area contributed by atoms with E-state index in [0.717, 1.165) is 35.7 Å². The molecule has 0 unspecified atom stereocenters. The zero-order chi connectivity index (χ0) is 25.1. The van der Waals surface area contributed by atoms with Crippen molar-refractivity contribution in [3.05, 3.63) is 0 Å². The van der Waals surface area contributed by atoms with Gasteiger partial charge in [0.25, 0.3) is 0 Å². The van der Waals surface area contributed by atoms with Crippen LogP contribution < -0.4 is 5.84 Å². The molecule has 0 aliphatic heterocycles. The first kappa shape index (κ1) is 33.9. The van der Waals surface area contributed by atoms with E-state index in [9.17, 15) is 0 Å². The fourth-order valence-corrected chi connectivity index (χ4v) is 5.18. The average molecular weight is 513 g/mol. The quantitative estimate of drug-likeness (QED) is 0.0540. The molecule has 0 atom stereocenters. The molecule has 34 heavy (non-hydrogen) atoms. The van der Waals surface area contributed by atoms with Gasteiger partial charge in [0, 0.05) is 0 Å². The van der Waals surface area contributed by atoms with E-state index in [1.54, 1.807) is 5.01 Å². The van der Waals surface area contributed by atoms with Crippen LogP contribution in [0, 0.1) is 0 Å².